The molecule has 0 saturated carbocycles. The number of allylic oxidation sites excluding steroid dienone is 1. The van der Waals surface area contributed by atoms with Gasteiger partial charge in [-0.05, 0) is 29.8 Å². The summed E-state index contributed by atoms with van der Waals surface area (Å²) in [6.07, 6.45) is 1.82. The first-order valence-electron chi connectivity index (χ1n) is 4.19. The van der Waals surface area contributed by atoms with Gasteiger partial charge >= 0.3 is 0 Å². The van der Waals surface area contributed by atoms with Gasteiger partial charge in [-0.15, -0.1) is 0 Å². The maximum atomic E-state index is 8.67. The van der Waals surface area contributed by atoms with E-state index in [0.29, 0.717) is 17.0 Å². The van der Waals surface area contributed by atoms with E-state index in [0.717, 1.165) is 11.3 Å². The zero-order valence-corrected chi connectivity index (χ0v) is 9.67. The van der Waals surface area contributed by atoms with Crippen molar-refractivity contribution in [2.45, 2.75) is 20.4 Å². The Morgan fingerprint density at radius 3 is 2.86 bits per heavy atom. The SMILES string of the molecule is CCn1cc(/C(N)=C(/C)C#N)nc1Br. The van der Waals surface area contributed by atoms with Crippen molar-refractivity contribution in [3.05, 3.63) is 22.2 Å². The first kappa shape index (κ1) is 10.8. The highest BCUT2D eigenvalue weighted by Crippen LogP contribution is 2.16. The molecule has 1 rings (SSSR count). The number of hydrogen-bond donors (Lipinski definition) is 1. The van der Waals surface area contributed by atoms with Crippen molar-refractivity contribution < 1.29 is 0 Å². The van der Waals surface area contributed by atoms with E-state index in [9.17, 15) is 0 Å². The summed E-state index contributed by atoms with van der Waals surface area (Å²) in [4.78, 5) is 4.20. The Morgan fingerprint density at radius 2 is 2.43 bits per heavy atom. The molecule has 0 aromatic carbocycles. The van der Waals surface area contributed by atoms with Crippen molar-refractivity contribution in [2.75, 3.05) is 0 Å². The quantitative estimate of drug-likeness (QED) is 0.820. The summed E-state index contributed by atoms with van der Waals surface area (Å²) in [6.45, 7) is 4.49. The number of halogens is 1. The van der Waals surface area contributed by atoms with Gasteiger partial charge in [-0.1, -0.05) is 0 Å². The summed E-state index contributed by atoms with van der Waals surface area (Å²) >= 11 is 3.31. The molecule has 0 bridgehead atoms. The van der Waals surface area contributed by atoms with Crippen LogP contribution in [0.1, 0.15) is 19.5 Å². The van der Waals surface area contributed by atoms with Gasteiger partial charge in [0.2, 0.25) is 0 Å². The highest BCUT2D eigenvalue weighted by atomic mass is 79.9. The second-order valence-electron chi connectivity index (χ2n) is 2.83. The minimum atomic E-state index is 0.431. The van der Waals surface area contributed by atoms with E-state index in [-0.39, 0.29) is 0 Å². The molecule has 2 N–H and O–H groups in total. The molecule has 1 aromatic rings. The standard InChI is InChI=1S/C9H11BrN4/c1-3-14-5-7(13-9(14)10)8(12)6(2)4-11/h5H,3,12H2,1-2H3/b8-6+. The fourth-order valence-electron chi connectivity index (χ4n) is 0.997. The summed E-state index contributed by atoms with van der Waals surface area (Å²) in [6, 6.07) is 2.00. The third kappa shape index (κ3) is 1.96. The van der Waals surface area contributed by atoms with Gasteiger partial charge in [0.25, 0.3) is 0 Å². The first-order chi connectivity index (χ1) is 6.60. The third-order valence-electron chi connectivity index (χ3n) is 1.92. The number of rotatable bonds is 2. The molecule has 0 unspecified atom stereocenters. The molecule has 0 radical (unpaired) electrons. The largest absolute Gasteiger partial charge is 0.396 e. The Balaban J connectivity index is 3.17. The van der Waals surface area contributed by atoms with Crippen molar-refractivity contribution in [3.8, 4) is 6.07 Å². The molecule has 14 heavy (non-hydrogen) atoms. The second kappa shape index (κ2) is 4.29. The normalized spacial score (nSPS) is 12.1. The van der Waals surface area contributed by atoms with Crippen molar-refractivity contribution in [3.63, 3.8) is 0 Å². The molecule has 1 aromatic heterocycles. The van der Waals surface area contributed by atoms with Crippen molar-refractivity contribution >= 4 is 21.6 Å². The predicted octanol–water partition coefficient (Wildman–Crippen LogP) is 1.88. The van der Waals surface area contributed by atoms with E-state index in [2.05, 4.69) is 20.9 Å². The molecule has 0 aliphatic carbocycles. The minimum Gasteiger partial charge on any atom is -0.396 e. The number of aromatic nitrogens is 2. The lowest BCUT2D eigenvalue weighted by Gasteiger charge is -1.96. The Morgan fingerprint density at radius 1 is 1.79 bits per heavy atom. The van der Waals surface area contributed by atoms with Crippen LogP contribution in [0.25, 0.3) is 5.70 Å². The molecule has 0 spiro atoms. The van der Waals surface area contributed by atoms with Gasteiger partial charge in [-0.3, -0.25) is 0 Å². The average molecular weight is 255 g/mol. The van der Waals surface area contributed by atoms with E-state index < -0.39 is 0 Å². The van der Waals surface area contributed by atoms with Crippen LogP contribution in [0.5, 0.6) is 0 Å². The lowest BCUT2D eigenvalue weighted by atomic mass is 10.2. The van der Waals surface area contributed by atoms with Gasteiger partial charge in [0.1, 0.15) is 5.69 Å². The summed E-state index contributed by atoms with van der Waals surface area (Å²) in [5.74, 6) is 0. The van der Waals surface area contributed by atoms with Crippen LogP contribution in [0.3, 0.4) is 0 Å². The van der Waals surface area contributed by atoms with Crippen LogP contribution in [0.4, 0.5) is 0 Å². The maximum absolute atomic E-state index is 8.67. The fraction of sp³-hybridized carbons (Fsp3) is 0.333. The first-order valence-corrected chi connectivity index (χ1v) is 4.99. The van der Waals surface area contributed by atoms with Crippen LogP contribution in [-0.4, -0.2) is 9.55 Å². The van der Waals surface area contributed by atoms with Crippen LogP contribution >= 0.6 is 15.9 Å². The van der Waals surface area contributed by atoms with Crippen LogP contribution < -0.4 is 5.73 Å². The Bertz CT molecular complexity index is 411. The molecule has 0 fully saturated rings. The van der Waals surface area contributed by atoms with E-state index in [4.69, 9.17) is 11.0 Å². The van der Waals surface area contributed by atoms with E-state index in [1.54, 1.807) is 6.92 Å². The summed E-state index contributed by atoms with van der Waals surface area (Å²) < 4.78 is 2.64. The molecule has 1 heterocycles. The van der Waals surface area contributed by atoms with Gasteiger partial charge in [0, 0.05) is 12.7 Å². The van der Waals surface area contributed by atoms with Crippen molar-refractivity contribution in [2.24, 2.45) is 5.73 Å². The topological polar surface area (TPSA) is 67.6 Å². The van der Waals surface area contributed by atoms with E-state index in [1.807, 2.05) is 23.8 Å². The molecule has 5 heteroatoms. The molecule has 0 atom stereocenters. The number of nitriles is 1. The number of nitrogens with two attached hydrogens (primary N) is 1. The molecule has 0 aliphatic heterocycles. The number of hydrogen-bond acceptors (Lipinski definition) is 3. The van der Waals surface area contributed by atoms with Crippen LogP contribution in [-0.2, 0) is 6.54 Å². The number of nitrogens with zero attached hydrogens (tertiary/aromatic N) is 3. The molecule has 0 amide bonds. The van der Waals surface area contributed by atoms with E-state index >= 15 is 0 Å². The molecular weight excluding hydrogens is 244 g/mol. The third-order valence-corrected chi connectivity index (χ3v) is 2.55. The monoisotopic (exact) mass is 254 g/mol. The maximum Gasteiger partial charge on any atom is 0.177 e. The summed E-state index contributed by atoms with van der Waals surface area (Å²) in [7, 11) is 0. The van der Waals surface area contributed by atoms with Gasteiger partial charge in [-0.25, -0.2) is 4.98 Å². The van der Waals surface area contributed by atoms with Crippen LogP contribution in [0, 0.1) is 11.3 Å². The molecule has 74 valence electrons. The van der Waals surface area contributed by atoms with Gasteiger partial charge in [-0.2, -0.15) is 5.26 Å². The average Bonchev–Trinajstić information content (AvgIpc) is 2.57. The molecule has 0 saturated heterocycles. The fourth-order valence-corrected chi connectivity index (χ4v) is 1.54. The van der Waals surface area contributed by atoms with Crippen LogP contribution in [0.15, 0.2) is 16.5 Å². The van der Waals surface area contributed by atoms with Gasteiger partial charge in [0.05, 0.1) is 17.3 Å². The van der Waals surface area contributed by atoms with Crippen LogP contribution in [0.2, 0.25) is 0 Å². The summed E-state index contributed by atoms with van der Waals surface area (Å²) in [5.41, 5.74) is 7.30. The Kier molecular flexibility index (Phi) is 3.31. The summed E-state index contributed by atoms with van der Waals surface area (Å²) in [5, 5.41) is 8.67. The smallest absolute Gasteiger partial charge is 0.177 e. The number of imidazole rings is 1. The Labute approximate surface area is 91.2 Å². The molecule has 0 aliphatic rings. The Hall–Kier alpha value is -1.28. The zero-order valence-electron chi connectivity index (χ0n) is 8.08. The molecule has 4 nitrogen and oxygen atoms in total. The van der Waals surface area contributed by atoms with Gasteiger partial charge in [0.15, 0.2) is 4.73 Å². The highest BCUT2D eigenvalue weighted by Gasteiger charge is 2.08. The zero-order chi connectivity index (χ0) is 10.7. The van der Waals surface area contributed by atoms with Gasteiger partial charge < -0.3 is 10.3 Å². The predicted molar refractivity (Wildman–Crippen MR) is 58.0 cm³/mol. The van der Waals surface area contributed by atoms with Crippen molar-refractivity contribution in [1.82, 2.24) is 9.55 Å². The van der Waals surface area contributed by atoms with E-state index in [1.165, 1.54) is 0 Å². The number of aryl methyl sites for hydroxylation is 1. The van der Waals surface area contributed by atoms with Crippen molar-refractivity contribution in [1.29, 1.82) is 5.26 Å². The molecular formula is C9H11BrN4. The minimum absolute atomic E-state index is 0.431. The second-order valence-corrected chi connectivity index (χ2v) is 3.54. The lowest BCUT2D eigenvalue weighted by Crippen LogP contribution is -1.99. The lowest BCUT2D eigenvalue weighted by molar-refractivity contribution is 0.741. The highest BCUT2D eigenvalue weighted by molar-refractivity contribution is 9.10.